The molecule has 0 unspecified atom stereocenters. The molecule has 0 N–H and O–H groups in total. The highest BCUT2D eigenvalue weighted by molar-refractivity contribution is 7.92. The molecule has 32 heavy (non-hydrogen) atoms. The minimum absolute atomic E-state index is 0.201. The van der Waals surface area contributed by atoms with Gasteiger partial charge in [0.15, 0.2) is 15.0 Å². The first-order valence-corrected chi connectivity index (χ1v) is 12.6. The zero-order valence-corrected chi connectivity index (χ0v) is 20.0. The van der Waals surface area contributed by atoms with Crippen LogP contribution in [0.25, 0.3) is 10.2 Å². The lowest BCUT2D eigenvalue weighted by molar-refractivity contribution is 0.0983. The Bertz CT molecular complexity index is 1330. The number of carbonyl (C=O) groups excluding carboxylic acids is 1. The molecule has 0 aliphatic heterocycles. The van der Waals surface area contributed by atoms with Gasteiger partial charge in [0.1, 0.15) is 5.76 Å². The summed E-state index contributed by atoms with van der Waals surface area (Å²) in [6.45, 7) is 7.57. The maximum absolute atomic E-state index is 13.5. The van der Waals surface area contributed by atoms with Crippen molar-refractivity contribution in [3.05, 3.63) is 77.2 Å². The van der Waals surface area contributed by atoms with Crippen LogP contribution in [-0.2, 0) is 16.4 Å². The molecule has 6 nitrogen and oxygen atoms in total. The molecule has 2 aromatic heterocycles. The quantitative estimate of drug-likeness (QED) is 0.371. The highest BCUT2D eigenvalue weighted by atomic mass is 32.2. The number of benzene rings is 2. The molecule has 4 rings (SSSR count). The van der Waals surface area contributed by atoms with E-state index in [1.807, 2.05) is 19.9 Å². The van der Waals surface area contributed by atoms with E-state index in [9.17, 15) is 13.2 Å². The van der Waals surface area contributed by atoms with E-state index in [1.165, 1.54) is 29.0 Å². The molecule has 0 spiro atoms. The molecule has 1 amide bonds. The highest BCUT2D eigenvalue weighted by Crippen LogP contribution is 2.32. The normalized spacial score (nSPS) is 11.9. The van der Waals surface area contributed by atoms with Crippen LogP contribution in [0.1, 0.15) is 41.1 Å². The van der Waals surface area contributed by atoms with E-state index >= 15 is 0 Å². The van der Waals surface area contributed by atoms with E-state index in [2.05, 4.69) is 6.07 Å². The topological polar surface area (TPSA) is 80.5 Å². The Kier molecular flexibility index (Phi) is 5.92. The lowest BCUT2D eigenvalue weighted by Crippen LogP contribution is -2.30. The second kappa shape index (κ2) is 8.52. The highest BCUT2D eigenvalue weighted by Gasteiger charge is 2.24. The number of aromatic nitrogens is 1. The molecule has 0 bridgehead atoms. The Hall–Kier alpha value is -2.97. The van der Waals surface area contributed by atoms with Gasteiger partial charge in [-0.25, -0.2) is 13.4 Å². The van der Waals surface area contributed by atoms with Gasteiger partial charge in [0.25, 0.3) is 5.91 Å². The van der Waals surface area contributed by atoms with Gasteiger partial charge in [-0.2, -0.15) is 0 Å². The summed E-state index contributed by atoms with van der Waals surface area (Å²) in [5.74, 6) is 0.353. The number of aryl methyl sites for hydroxylation is 2. The maximum Gasteiger partial charge on any atom is 0.260 e. The molecule has 2 heterocycles. The lowest BCUT2D eigenvalue weighted by atomic mass is 10.1. The number of thiazole rings is 1. The third kappa shape index (κ3) is 4.20. The molecule has 8 heteroatoms. The van der Waals surface area contributed by atoms with Gasteiger partial charge in [-0.3, -0.25) is 9.69 Å². The van der Waals surface area contributed by atoms with Crippen LogP contribution in [0.3, 0.4) is 0 Å². The predicted octanol–water partition coefficient (Wildman–Crippen LogP) is 5.54. The van der Waals surface area contributed by atoms with Gasteiger partial charge in [-0.1, -0.05) is 11.3 Å². The van der Waals surface area contributed by atoms with Crippen LogP contribution in [0.15, 0.2) is 64.1 Å². The van der Waals surface area contributed by atoms with Gasteiger partial charge < -0.3 is 4.42 Å². The van der Waals surface area contributed by atoms with Gasteiger partial charge in [0.05, 0.1) is 33.2 Å². The molecule has 0 atom stereocenters. The van der Waals surface area contributed by atoms with Crippen LogP contribution in [0.4, 0.5) is 5.13 Å². The standard InChI is InChI=1S/C24H24N2O4S2/c1-15(2)32(28,29)20-9-7-18(8-10-20)23(27)26(14-19-6-5-11-30-19)24-25-21-12-16(3)17(4)13-22(21)31-24/h5-13,15H,14H2,1-4H3. The van der Waals surface area contributed by atoms with Crippen LogP contribution in [0.5, 0.6) is 0 Å². The number of sulfone groups is 1. The monoisotopic (exact) mass is 468 g/mol. The van der Waals surface area contributed by atoms with Crippen LogP contribution < -0.4 is 4.90 Å². The van der Waals surface area contributed by atoms with Crippen LogP contribution in [0, 0.1) is 13.8 Å². The average Bonchev–Trinajstić information content (AvgIpc) is 3.41. The molecule has 0 aliphatic rings. The molecule has 4 aromatic rings. The smallest absolute Gasteiger partial charge is 0.260 e. The minimum atomic E-state index is -3.41. The van der Waals surface area contributed by atoms with E-state index in [-0.39, 0.29) is 17.3 Å². The third-order valence-corrected chi connectivity index (χ3v) is 8.62. The molecule has 0 saturated carbocycles. The van der Waals surface area contributed by atoms with E-state index < -0.39 is 15.1 Å². The van der Waals surface area contributed by atoms with Crippen molar-refractivity contribution >= 4 is 42.4 Å². The first-order chi connectivity index (χ1) is 15.2. The molecular formula is C24H24N2O4S2. The second-order valence-electron chi connectivity index (χ2n) is 7.99. The Morgan fingerprint density at radius 1 is 1.09 bits per heavy atom. The SMILES string of the molecule is Cc1cc2nc(N(Cc3ccco3)C(=O)c3ccc(S(=O)(=O)C(C)C)cc3)sc2cc1C. The fourth-order valence-corrected chi connectivity index (χ4v) is 5.39. The first kappa shape index (κ1) is 22.2. The molecule has 2 aromatic carbocycles. The molecular weight excluding hydrogens is 444 g/mol. The number of fused-ring (bicyclic) bond motifs is 1. The molecule has 166 valence electrons. The number of amides is 1. The van der Waals surface area contributed by atoms with Crippen molar-refractivity contribution in [3.8, 4) is 0 Å². The minimum Gasteiger partial charge on any atom is -0.467 e. The van der Waals surface area contributed by atoms with Crippen LogP contribution in [0.2, 0.25) is 0 Å². The Labute approximate surface area is 191 Å². The van der Waals surface area contributed by atoms with Crippen LogP contribution >= 0.6 is 11.3 Å². The summed E-state index contributed by atoms with van der Waals surface area (Å²) in [5, 5.41) is 0.0273. The lowest BCUT2D eigenvalue weighted by Gasteiger charge is -2.19. The van der Waals surface area contributed by atoms with Crippen molar-refractivity contribution in [2.75, 3.05) is 4.90 Å². The molecule has 0 saturated heterocycles. The first-order valence-electron chi connectivity index (χ1n) is 10.2. The van der Waals surface area contributed by atoms with Crippen molar-refractivity contribution in [1.29, 1.82) is 0 Å². The second-order valence-corrected chi connectivity index (χ2v) is 11.5. The number of nitrogens with zero attached hydrogens (tertiary/aromatic N) is 2. The summed E-state index contributed by atoms with van der Waals surface area (Å²) in [6.07, 6.45) is 1.56. The van der Waals surface area contributed by atoms with E-state index in [0.717, 1.165) is 15.8 Å². The van der Waals surface area contributed by atoms with Gasteiger partial charge in [0.2, 0.25) is 0 Å². The number of anilines is 1. The Balaban J connectivity index is 1.73. The number of rotatable bonds is 6. The molecule has 0 radical (unpaired) electrons. The molecule has 0 fully saturated rings. The zero-order chi connectivity index (χ0) is 23.0. The number of hydrogen-bond donors (Lipinski definition) is 0. The summed E-state index contributed by atoms with van der Waals surface area (Å²) >= 11 is 1.44. The summed E-state index contributed by atoms with van der Waals surface area (Å²) in [6, 6.07) is 13.7. The fraction of sp³-hybridized carbons (Fsp3) is 0.250. The average molecular weight is 469 g/mol. The molecule has 0 aliphatic carbocycles. The Morgan fingerprint density at radius 2 is 1.78 bits per heavy atom. The van der Waals surface area contributed by atoms with Gasteiger partial charge >= 0.3 is 0 Å². The van der Waals surface area contributed by atoms with Crippen molar-refractivity contribution in [1.82, 2.24) is 4.98 Å². The number of hydrogen-bond acceptors (Lipinski definition) is 6. The predicted molar refractivity (Wildman–Crippen MR) is 127 cm³/mol. The Morgan fingerprint density at radius 3 is 2.41 bits per heavy atom. The zero-order valence-electron chi connectivity index (χ0n) is 18.3. The van der Waals surface area contributed by atoms with Crippen molar-refractivity contribution in [3.63, 3.8) is 0 Å². The third-order valence-electron chi connectivity index (χ3n) is 5.41. The maximum atomic E-state index is 13.5. The van der Waals surface area contributed by atoms with E-state index in [4.69, 9.17) is 9.40 Å². The fourth-order valence-electron chi connectivity index (χ4n) is 3.28. The number of furan rings is 1. The van der Waals surface area contributed by atoms with Crippen molar-refractivity contribution < 1.29 is 17.6 Å². The van der Waals surface area contributed by atoms with E-state index in [1.54, 1.807) is 49.3 Å². The summed E-state index contributed by atoms with van der Waals surface area (Å²) in [7, 11) is -3.41. The van der Waals surface area contributed by atoms with Crippen molar-refractivity contribution in [2.24, 2.45) is 0 Å². The van der Waals surface area contributed by atoms with Crippen LogP contribution in [-0.4, -0.2) is 24.6 Å². The van der Waals surface area contributed by atoms with Crippen molar-refractivity contribution in [2.45, 2.75) is 44.4 Å². The summed E-state index contributed by atoms with van der Waals surface area (Å²) in [5.41, 5.74) is 3.52. The summed E-state index contributed by atoms with van der Waals surface area (Å²) < 4.78 is 31.3. The largest absolute Gasteiger partial charge is 0.467 e. The van der Waals surface area contributed by atoms with Gasteiger partial charge in [0, 0.05) is 5.56 Å². The number of carbonyl (C=O) groups is 1. The van der Waals surface area contributed by atoms with E-state index in [0.29, 0.717) is 16.5 Å². The van der Waals surface area contributed by atoms with Gasteiger partial charge in [-0.05, 0) is 87.4 Å². The summed E-state index contributed by atoms with van der Waals surface area (Å²) in [4.78, 5) is 20.0. The van der Waals surface area contributed by atoms with Gasteiger partial charge in [-0.15, -0.1) is 0 Å².